The van der Waals surface area contributed by atoms with E-state index in [0.717, 1.165) is 50.0 Å². The fourth-order valence-corrected chi connectivity index (χ4v) is 3.53. The lowest BCUT2D eigenvalue weighted by molar-refractivity contribution is -0.128. The Bertz CT molecular complexity index is 562. The Morgan fingerprint density at radius 2 is 1.70 bits per heavy atom. The van der Waals surface area contributed by atoms with Crippen LogP contribution in [0.15, 0.2) is 24.3 Å². The second-order valence-corrected chi connectivity index (χ2v) is 6.68. The van der Waals surface area contributed by atoms with Crippen LogP contribution in [0, 0.1) is 0 Å². The van der Waals surface area contributed by atoms with Crippen molar-refractivity contribution in [2.75, 3.05) is 19.6 Å². The van der Waals surface area contributed by atoms with Crippen molar-refractivity contribution in [3.05, 3.63) is 35.4 Å². The summed E-state index contributed by atoms with van der Waals surface area (Å²) < 4.78 is 0. The van der Waals surface area contributed by atoms with Gasteiger partial charge < -0.3 is 9.80 Å². The summed E-state index contributed by atoms with van der Waals surface area (Å²) >= 11 is 0. The smallest absolute Gasteiger partial charge is 0.253 e. The quantitative estimate of drug-likeness (QED) is 0.859. The van der Waals surface area contributed by atoms with Gasteiger partial charge in [-0.05, 0) is 37.0 Å². The van der Waals surface area contributed by atoms with Gasteiger partial charge in [-0.25, -0.2) is 0 Å². The highest BCUT2D eigenvalue weighted by Gasteiger charge is 2.21. The molecular formula is C19H26N2O2. The molecular weight excluding hydrogens is 288 g/mol. The van der Waals surface area contributed by atoms with Crippen LogP contribution in [0.3, 0.4) is 0 Å². The zero-order chi connectivity index (χ0) is 16.1. The predicted octanol–water partition coefficient (Wildman–Crippen LogP) is 3.22. The molecule has 1 aromatic rings. The van der Waals surface area contributed by atoms with Gasteiger partial charge in [-0.15, -0.1) is 0 Å². The minimum Gasteiger partial charge on any atom is -0.339 e. The molecule has 0 unspecified atom stereocenters. The molecule has 124 valence electrons. The normalized spacial score (nSPS) is 19.6. The van der Waals surface area contributed by atoms with E-state index in [4.69, 9.17) is 0 Å². The molecule has 0 aromatic heterocycles. The number of benzene rings is 1. The first-order valence-corrected chi connectivity index (χ1v) is 8.90. The van der Waals surface area contributed by atoms with Gasteiger partial charge in [0, 0.05) is 38.2 Å². The van der Waals surface area contributed by atoms with Crippen LogP contribution in [-0.4, -0.2) is 41.2 Å². The number of hydrogen-bond donors (Lipinski definition) is 0. The summed E-state index contributed by atoms with van der Waals surface area (Å²) in [6.45, 7) is 3.20. The lowest BCUT2D eigenvalue weighted by Gasteiger charge is -2.25. The third-order valence-corrected chi connectivity index (χ3v) is 4.86. The van der Waals surface area contributed by atoms with E-state index in [-0.39, 0.29) is 11.8 Å². The molecule has 0 bridgehead atoms. The van der Waals surface area contributed by atoms with Crippen molar-refractivity contribution in [2.24, 2.45) is 0 Å². The second kappa shape index (κ2) is 7.62. The van der Waals surface area contributed by atoms with Crippen LogP contribution in [0.5, 0.6) is 0 Å². The van der Waals surface area contributed by atoms with E-state index in [2.05, 4.69) is 0 Å². The first-order valence-electron chi connectivity index (χ1n) is 8.90. The lowest BCUT2D eigenvalue weighted by atomic mass is 10.1. The zero-order valence-corrected chi connectivity index (χ0v) is 13.8. The fourth-order valence-electron chi connectivity index (χ4n) is 3.53. The highest BCUT2D eigenvalue weighted by atomic mass is 16.2. The first kappa shape index (κ1) is 16.0. The van der Waals surface area contributed by atoms with Crippen LogP contribution in [-0.2, 0) is 11.3 Å². The number of nitrogens with zero attached hydrogens (tertiary/aromatic N) is 2. The summed E-state index contributed by atoms with van der Waals surface area (Å²) in [5, 5.41) is 0. The second-order valence-electron chi connectivity index (χ2n) is 6.68. The minimum absolute atomic E-state index is 0.140. The number of likely N-dealkylation sites (tertiary alicyclic amines) is 2. The highest BCUT2D eigenvalue weighted by molar-refractivity contribution is 5.94. The van der Waals surface area contributed by atoms with Gasteiger partial charge in [0.05, 0.1) is 0 Å². The maximum Gasteiger partial charge on any atom is 0.253 e. The van der Waals surface area contributed by atoms with E-state index < -0.39 is 0 Å². The first-order chi connectivity index (χ1) is 11.2. The fraction of sp³-hybridized carbons (Fsp3) is 0.579. The maximum absolute atomic E-state index is 12.8. The molecule has 4 heteroatoms. The maximum atomic E-state index is 12.8. The van der Waals surface area contributed by atoms with Crippen molar-refractivity contribution in [3.63, 3.8) is 0 Å². The van der Waals surface area contributed by atoms with E-state index in [9.17, 15) is 9.59 Å². The van der Waals surface area contributed by atoms with Gasteiger partial charge in [0.1, 0.15) is 0 Å². The third kappa shape index (κ3) is 4.12. The molecule has 0 atom stereocenters. The summed E-state index contributed by atoms with van der Waals surface area (Å²) in [5.41, 5.74) is 1.81. The monoisotopic (exact) mass is 314 g/mol. The van der Waals surface area contributed by atoms with Gasteiger partial charge in [0.15, 0.2) is 0 Å². The average molecular weight is 314 g/mol. The van der Waals surface area contributed by atoms with Crippen LogP contribution < -0.4 is 0 Å². The van der Waals surface area contributed by atoms with Crippen molar-refractivity contribution in [1.29, 1.82) is 0 Å². The number of carbonyl (C=O) groups is 2. The molecule has 2 aliphatic rings. The summed E-state index contributed by atoms with van der Waals surface area (Å²) in [5.74, 6) is 0.368. The molecule has 4 nitrogen and oxygen atoms in total. The van der Waals surface area contributed by atoms with Gasteiger partial charge >= 0.3 is 0 Å². The SMILES string of the molecule is O=C1CCCN1Cc1cccc(C(=O)N2CCCCCCC2)c1. The standard InChI is InChI=1S/C19H26N2O2/c22-18-10-7-13-21(18)15-16-8-6-9-17(14-16)19(23)20-11-4-2-1-3-5-12-20/h6,8-9,14H,1-5,7,10-13,15H2. The number of rotatable bonds is 3. The largest absolute Gasteiger partial charge is 0.339 e. The topological polar surface area (TPSA) is 40.6 Å². The molecule has 2 heterocycles. The van der Waals surface area contributed by atoms with Gasteiger partial charge in [-0.2, -0.15) is 0 Å². The van der Waals surface area contributed by atoms with E-state index >= 15 is 0 Å². The lowest BCUT2D eigenvalue weighted by Crippen LogP contribution is -2.34. The molecule has 2 saturated heterocycles. The highest BCUT2D eigenvalue weighted by Crippen LogP contribution is 2.17. The van der Waals surface area contributed by atoms with Gasteiger partial charge in [0.2, 0.25) is 5.91 Å². The van der Waals surface area contributed by atoms with E-state index in [1.807, 2.05) is 34.1 Å². The summed E-state index contributed by atoms with van der Waals surface area (Å²) in [4.78, 5) is 28.4. The molecule has 3 rings (SSSR count). The number of amides is 2. The Morgan fingerprint density at radius 1 is 0.957 bits per heavy atom. The molecule has 0 saturated carbocycles. The van der Waals surface area contributed by atoms with Gasteiger partial charge in [0.25, 0.3) is 5.91 Å². The van der Waals surface area contributed by atoms with Crippen LogP contribution in [0.4, 0.5) is 0 Å². The number of carbonyl (C=O) groups excluding carboxylic acids is 2. The van der Waals surface area contributed by atoms with E-state index in [1.54, 1.807) is 0 Å². The predicted molar refractivity (Wildman–Crippen MR) is 90.1 cm³/mol. The van der Waals surface area contributed by atoms with Gasteiger partial charge in [-0.1, -0.05) is 31.4 Å². The zero-order valence-electron chi connectivity index (χ0n) is 13.8. The van der Waals surface area contributed by atoms with Crippen LogP contribution in [0.25, 0.3) is 0 Å². The van der Waals surface area contributed by atoms with Crippen molar-refractivity contribution in [1.82, 2.24) is 9.80 Å². The van der Waals surface area contributed by atoms with Crippen molar-refractivity contribution in [3.8, 4) is 0 Å². The molecule has 23 heavy (non-hydrogen) atoms. The average Bonchev–Trinajstić information content (AvgIpc) is 2.92. The summed E-state index contributed by atoms with van der Waals surface area (Å²) in [6.07, 6.45) is 7.56. The van der Waals surface area contributed by atoms with E-state index in [1.165, 1.54) is 19.3 Å². The van der Waals surface area contributed by atoms with Crippen molar-refractivity contribution < 1.29 is 9.59 Å². The third-order valence-electron chi connectivity index (χ3n) is 4.86. The molecule has 0 N–H and O–H groups in total. The van der Waals surface area contributed by atoms with Crippen LogP contribution in [0.2, 0.25) is 0 Å². The molecule has 2 fully saturated rings. The Balaban J connectivity index is 1.68. The molecule has 2 amide bonds. The van der Waals surface area contributed by atoms with Crippen LogP contribution >= 0.6 is 0 Å². The van der Waals surface area contributed by atoms with Crippen LogP contribution in [0.1, 0.15) is 60.9 Å². The summed E-state index contributed by atoms with van der Waals surface area (Å²) in [7, 11) is 0. The van der Waals surface area contributed by atoms with Crippen molar-refractivity contribution in [2.45, 2.75) is 51.5 Å². The van der Waals surface area contributed by atoms with Crippen molar-refractivity contribution >= 4 is 11.8 Å². The Labute approximate surface area is 138 Å². The molecule has 0 radical (unpaired) electrons. The molecule has 1 aromatic carbocycles. The van der Waals surface area contributed by atoms with Gasteiger partial charge in [-0.3, -0.25) is 9.59 Å². The Kier molecular flexibility index (Phi) is 5.31. The molecule has 0 aliphatic carbocycles. The summed E-state index contributed by atoms with van der Waals surface area (Å²) in [6, 6.07) is 7.81. The molecule has 2 aliphatic heterocycles. The van der Waals surface area contributed by atoms with E-state index in [0.29, 0.717) is 13.0 Å². The molecule has 0 spiro atoms. The Morgan fingerprint density at radius 3 is 2.39 bits per heavy atom. The minimum atomic E-state index is 0.140. The number of hydrogen-bond acceptors (Lipinski definition) is 2. The Hall–Kier alpha value is -1.84.